The maximum atomic E-state index is 13.0. The summed E-state index contributed by atoms with van der Waals surface area (Å²) in [5, 5.41) is 2.31. The van der Waals surface area contributed by atoms with Gasteiger partial charge in [-0.2, -0.15) is 0 Å². The van der Waals surface area contributed by atoms with Gasteiger partial charge in [-0.3, -0.25) is 24.6 Å². The average Bonchev–Trinajstić information content (AvgIpc) is 3.19. The Bertz CT molecular complexity index is 1330. The van der Waals surface area contributed by atoms with Crippen LogP contribution in [-0.2, 0) is 16.1 Å². The van der Waals surface area contributed by atoms with Gasteiger partial charge in [-0.25, -0.2) is 0 Å². The zero-order chi connectivity index (χ0) is 28.0. The number of para-hydroxylation sites is 1. The lowest BCUT2D eigenvalue weighted by atomic mass is 9.84. The van der Waals surface area contributed by atoms with Crippen molar-refractivity contribution in [3.63, 3.8) is 0 Å². The predicted molar refractivity (Wildman–Crippen MR) is 137 cm³/mol. The van der Waals surface area contributed by atoms with E-state index in [0.29, 0.717) is 36.4 Å². The summed E-state index contributed by atoms with van der Waals surface area (Å²) in [6.07, 6.45) is -0.443. The number of ether oxygens (including phenoxy) is 2. The van der Waals surface area contributed by atoms with Gasteiger partial charge in [0.1, 0.15) is 23.6 Å². The van der Waals surface area contributed by atoms with Crippen molar-refractivity contribution in [1.82, 2.24) is 15.1 Å². The lowest BCUT2D eigenvalue weighted by molar-refractivity contribution is -0.275. The molecule has 3 aliphatic heterocycles. The number of piperidine rings is 1. The smallest absolute Gasteiger partial charge is 0.489 e. The fourth-order valence-electron chi connectivity index (χ4n) is 6.45. The number of likely N-dealkylation sites (tertiary alicyclic amines) is 1. The normalized spacial score (nSPS) is 25.8. The maximum Gasteiger partial charge on any atom is 0.573 e. The number of carbonyl (C=O) groups excluding carboxylic acids is 3. The van der Waals surface area contributed by atoms with Crippen LogP contribution in [0.4, 0.5) is 13.2 Å². The first-order valence-corrected chi connectivity index (χ1v) is 13.7. The highest BCUT2D eigenvalue weighted by Crippen LogP contribution is 2.40. The molecule has 2 aromatic rings. The average molecular weight is 558 g/mol. The molecule has 2 aromatic carbocycles. The summed E-state index contributed by atoms with van der Waals surface area (Å²) >= 11 is 0. The van der Waals surface area contributed by atoms with E-state index in [-0.39, 0.29) is 48.6 Å². The molecule has 1 unspecified atom stereocenters. The van der Waals surface area contributed by atoms with Crippen molar-refractivity contribution < 1.29 is 37.0 Å². The Labute approximate surface area is 229 Å². The summed E-state index contributed by atoms with van der Waals surface area (Å²) in [5.74, 6) is -0.544. The number of hydrogen-bond acceptors (Lipinski definition) is 6. The van der Waals surface area contributed by atoms with Crippen LogP contribution in [0.1, 0.15) is 65.9 Å². The number of benzene rings is 2. The molecule has 8 nitrogen and oxygen atoms in total. The fourth-order valence-corrected chi connectivity index (χ4v) is 6.45. The second-order valence-corrected chi connectivity index (χ2v) is 11.0. The van der Waals surface area contributed by atoms with Crippen LogP contribution >= 0.6 is 0 Å². The molecule has 212 valence electrons. The van der Waals surface area contributed by atoms with Crippen LogP contribution in [0, 0.1) is 0 Å². The molecule has 0 radical (unpaired) electrons. The highest BCUT2D eigenvalue weighted by molar-refractivity contribution is 6.05. The van der Waals surface area contributed by atoms with Crippen molar-refractivity contribution >= 4 is 17.7 Å². The van der Waals surface area contributed by atoms with Crippen molar-refractivity contribution in [2.75, 3.05) is 13.1 Å². The van der Waals surface area contributed by atoms with Gasteiger partial charge in [0, 0.05) is 49.1 Å². The molecule has 1 N–H and O–H groups in total. The van der Waals surface area contributed by atoms with Gasteiger partial charge in [-0.1, -0.05) is 24.6 Å². The molecule has 0 aromatic heterocycles. The molecular weight excluding hydrogens is 527 g/mol. The number of imide groups is 1. The van der Waals surface area contributed by atoms with E-state index in [9.17, 15) is 27.6 Å². The number of halogens is 3. The van der Waals surface area contributed by atoms with Crippen molar-refractivity contribution in [1.29, 1.82) is 0 Å². The molecule has 1 aliphatic carbocycles. The Balaban J connectivity index is 1.11. The Morgan fingerprint density at radius 1 is 0.950 bits per heavy atom. The third-order valence-electron chi connectivity index (χ3n) is 8.41. The second kappa shape index (κ2) is 10.4. The monoisotopic (exact) mass is 557 g/mol. The zero-order valence-electron chi connectivity index (χ0n) is 21.8. The molecular formula is C29H30F3N3O5. The third kappa shape index (κ3) is 5.26. The van der Waals surface area contributed by atoms with Crippen LogP contribution in [0.2, 0.25) is 0 Å². The molecule has 11 heteroatoms. The quantitative estimate of drug-likeness (QED) is 0.538. The van der Waals surface area contributed by atoms with Crippen LogP contribution < -0.4 is 14.8 Å². The molecule has 6 rings (SSSR count). The number of amides is 3. The van der Waals surface area contributed by atoms with Crippen LogP contribution in [0.15, 0.2) is 42.5 Å². The molecule has 1 saturated carbocycles. The molecule has 3 atom stereocenters. The summed E-state index contributed by atoms with van der Waals surface area (Å²) in [4.78, 5) is 40.6. The lowest BCUT2D eigenvalue weighted by Gasteiger charge is -2.48. The van der Waals surface area contributed by atoms with E-state index in [4.69, 9.17) is 4.74 Å². The number of carbonyl (C=O) groups is 3. The fraction of sp³-hybridized carbons (Fsp3) is 0.483. The molecule has 40 heavy (non-hydrogen) atoms. The van der Waals surface area contributed by atoms with Crippen LogP contribution in [0.3, 0.4) is 0 Å². The summed E-state index contributed by atoms with van der Waals surface area (Å²) in [6.45, 7) is 1.53. The minimum atomic E-state index is -4.73. The van der Waals surface area contributed by atoms with E-state index >= 15 is 0 Å². The number of nitrogens with zero attached hydrogens (tertiary/aromatic N) is 2. The first-order valence-electron chi connectivity index (χ1n) is 13.7. The largest absolute Gasteiger partial charge is 0.573 e. The van der Waals surface area contributed by atoms with E-state index in [0.717, 1.165) is 31.2 Å². The van der Waals surface area contributed by atoms with Crippen molar-refractivity contribution in [3.05, 3.63) is 59.2 Å². The molecule has 3 amide bonds. The van der Waals surface area contributed by atoms with Gasteiger partial charge in [0.15, 0.2) is 0 Å². The SMILES string of the molecule is O=C1CCC(N2Cc3cc(O[C@H]4CCCC[C@H]4N4CC(c5ccccc5OC(F)(F)F)C4)ccc3C2=O)C(=O)N1. The van der Waals surface area contributed by atoms with Gasteiger partial charge in [-0.05, 0) is 55.5 Å². The van der Waals surface area contributed by atoms with E-state index < -0.39 is 18.3 Å². The van der Waals surface area contributed by atoms with Gasteiger partial charge >= 0.3 is 6.36 Å². The van der Waals surface area contributed by atoms with Crippen molar-refractivity contribution in [2.24, 2.45) is 0 Å². The van der Waals surface area contributed by atoms with E-state index in [2.05, 4.69) is 15.0 Å². The number of hydrogen-bond donors (Lipinski definition) is 1. The third-order valence-corrected chi connectivity index (χ3v) is 8.41. The van der Waals surface area contributed by atoms with E-state index in [1.807, 2.05) is 6.07 Å². The summed E-state index contributed by atoms with van der Waals surface area (Å²) in [6, 6.07) is 11.2. The summed E-state index contributed by atoms with van der Waals surface area (Å²) in [7, 11) is 0. The number of alkyl halides is 3. The summed E-state index contributed by atoms with van der Waals surface area (Å²) < 4.78 is 49.4. The Morgan fingerprint density at radius 2 is 1.73 bits per heavy atom. The minimum absolute atomic E-state index is 0.0506. The Morgan fingerprint density at radius 3 is 2.50 bits per heavy atom. The number of rotatable bonds is 6. The molecule has 3 fully saturated rings. The topological polar surface area (TPSA) is 88.2 Å². The second-order valence-electron chi connectivity index (χ2n) is 11.0. The van der Waals surface area contributed by atoms with Crippen LogP contribution in [0.25, 0.3) is 0 Å². The summed E-state index contributed by atoms with van der Waals surface area (Å²) in [5.41, 5.74) is 1.88. The van der Waals surface area contributed by atoms with Crippen LogP contribution in [0.5, 0.6) is 11.5 Å². The predicted octanol–water partition coefficient (Wildman–Crippen LogP) is 4.14. The lowest BCUT2D eigenvalue weighted by Crippen LogP contribution is -2.57. The highest BCUT2D eigenvalue weighted by atomic mass is 19.4. The molecule has 4 aliphatic rings. The molecule has 2 saturated heterocycles. The van der Waals surface area contributed by atoms with Gasteiger partial charge in [-0.15, -0.1) is 13.2 Å². The van der Waals surface area contributed by atoms with Gasteiger partial charge in [0.05, 0.1) is 0 Å². The van der Waals surface area contributed by atoms with Gasteiger partial charge < -0.3 is 14.4 Å². The Hall–Kier alpha value is -3.60. The zero-order valence-corrected chi connectivity index (χ0v) is 21.8. The van der Waals surface area contributed by atoms with Gasteiger partial charge in [0.2, 0.25) is 11.8 Å². The van der Waals surface area contributed by atoms with Gasteiger partial charge in [0.25, 0.3) is 5.91 Å². The molecule has 3 heterocycles. The maximum absolute atomic E-state index is 13.0. The van der Waals surface area contributed by atoms with Crippen molar-refractivity contribution in [3.8, 4) is 11.5 Å². The molecule has 0 bridgehead atoms. The number of fused-ring (bicyclic) bond motifs is 1. The van der Waals surface area contributed by atoms with E-state index in [1.54, 1.807) is 30.3 Å². The van der Waals surface area contributed by atoms with E-state index in [1.165, 1.54) is 11.0 Å². The first kappa shape index (κ1) is 26.6. The standard InChI is InChI=1S/C29H30F3N3O5/c30-29(31,32)40-24-7-3-1-5-20(24)18-14-34(15-18)22-6-2-4-8-25(22)39-19-9-10-21-17(13-19)16-35(28(21)38)23-11-12-26(36)33-27(23)37/h1,3,5,7,9-10,13,18,22-23,25H,2,4,6,8,11-12,14-16H2,(H,33,36,37)/t22-,23?,25+/m1/s1. The molecule has 0 spiro atoms. The first-order chi connectivity index (χ1) is 19.2. The number of nitrogens with one attached hydrogen (secondary N) is 1. The highest BCUT2D eigenvalue weighted by Gasteiger charge is 2.42. The Kier molecular flexibility index (Phi) is 6.93. The minimum Gasteiger partial charge on any atom is -0.489 e. The van der Waals surface area contributed by atoms with Crippen molar-refractivity contribution in [2.45, 2.75) is 75.5 Å². The van der Waals surface area contributed by atoms with Crippen LogP contribution in [-0.4, -0.2) is 65.2 Å².